The van der Waals surface area contributed by atoms with Crippen LogP contribution in [0, 0.1) is 0 Å². The van der Waals surface area contributed by atoms with E-state index in [-0.39, 0.29) is 10.1 Å². The molecule has 0 aliphatic carbocycles. The summed E-state index contributed by atoms with van der Waals surface area (Å²) in [7, 11) is -3.47. The topological polar surface area (TPSA) is 46.2 Å². The summed E-state index contributed by atoms with van der Waals surface area (Å²) in [5, 5.41) is 0. The fourth-order valence-electron chi connectivity index (χ4n) is 3.21. The van der Waals surface area contributed by atoms with Crippen molar-refractivity contribution in [3.8, 4) is 0 Å². The molecular weight excluding hydrogens is 406 g/mol. The predicted molar refractivity (Wildman–Crippen MR) is 123 cm³/mol. The highest BCUT2D eigenvalue weighted by molar-refractivity contribution is 8.18. The van der Waals surface area contributed by atoms with Crippen LogP contribution in [0.25, 0.3) is 0 Å². The fraction of sp³-hybridized carbons (Fsp3) is 0.455. The molecule has 6 heteroatoms. The lowest BCUT2D eigenvalue weighted by molar-refractivity contribution is 0.504. The third-order valence-corrected chi connectivity index (χ3v) is 10.6. The summed E-state index contributed by atoms with van der Waals surface area (Å²) < 4.78 is 28.0. The van der Waals surface area contributed by atoms with Gasteiger partial charge in [-0.25, -0.2) is 13.1 Å². The third-order valence-electron chi connectivity index (χ3n) is 4.95. The Balaban J connectivity index is 2.00. The van der Waals surface area contributed by atoms with Gasteiger partial charge in [-0.3, -0.25) is 0 Å². The highest BCUT2D eigenvalue weighted by atomic mass is 32.2. The first-order valence-electron chi connectivity index (χ1n) is 9.64. The lowest BCUT2D eigenvalue weighted by Crippen LogP contribution is -2.43. The summed E-state index contributed by atoms with van der Waals surface area (Å²) in [5.41, 5.74) is 2.28. The van der Waals surface area contributed by atoms with Crippen LogP contribution < -0.4 is 4.72 Å². The number of nitrogens with one attached hydrogen (secondary N) is 1. The van der Waals surface area contributed by atoms with Crippen LogP contribution in [0.2, 0.25) is 0 Å². The minimum absolute atomic E-state index is 0.152. The van der Waals surface area contributed by atoms with Crippen molar-refractivity contribution >= 4 is 33.5 Å². The second kappa shape index (κ2) is 8.82. The number of hydrogen-bond acceptors (Lipinski definition) is 4. The Bertz CT molecular complexity index is 856. The average Bonchev–Trinajstić information content (AvgIpc) is 2.68. The molecule has 1 aliphatic heterocycles. The largest absolute Gasteiger partial charge is 0.217 e. The van der Waals surface area contributed by atoms with Gasteiger partial charge in [0.05, 0.1) is 8.83 Å². The maximum Gasteiger partial charge on any atom is 0.217 e. The zero-order valence-electron chi connectivity index (χ0n) is 16.7. The first-order valence-corrected chi connectivity index (χ1v) is 13.1. The van der Waals surface area contributed by atoms with Crippen molar-refractivity contribution < 1.29 is 8.42 Å². The molecule has 0 saturated carbocycles. The van der Waals surface area contributed by atoms with E-state index in [1.54, 1.807) is 20.8 Å². The van der Waals surface area contributed by atoms with E-state index in [1.165, 1.54) is 12.0 Å². The van der Waals surface area contributed by atoms with Gasteiger partial charge in [0.15, 0.2) is 0 Å². The van der Waals surface area contributed by atoms with E-state index in [2.05, 4.69) is 29.0 Å². The van der Waals surface area contributed by atoms with E-state index < -0.39 is 14.8 Å². The molecule has 0 radical (unpaired) electrons. The van der Waals surface area contributed by atoms with E-state index in [4.69, 9.17) is 0 Å². The van der Waals surface area contributed by atoms with Crippen molar-refractivity contribution in [2.45, 2.75) is 48.5 Å². The molecule has 1 fully saturated rings. The Labute approximate surface area is 178 Å². The van der Waals surface area contributed by atoms with Crippen LogP contribution in [0.4, 0.5) is 0 Å². The lowest BCUT2D eigenvalue weighted by atomic mass is 9.99. The van der Waals surface area contributed by atoms with E-state index in [0.29, 0.717) is 6.42 Å². The van der Waals surface area contributed by atoms with Gasteiger partial charge in [0.1, 0.15) is 0 Å². The molecule has 2 aromatic rings. The molecule has 0 amide bonds. The van der Waals surface area contributed by atoms with E-state index in [9.17, 15) is 8.42 Å². The Hall–Kier alpha value is -0.950. The van der Waals surface area contributed by atoms with E-state index >= 15 is 0 Å². The molecule has 1 unspecified atom stereocenters. The molecule has 0 aromatic heterocycles. The maximum absolute atomic E-state index is 13.0. The Morgan fingerprint density at radius 2 is 1.50 bits per heavy atom. The number of hydrogen-bond donors (Lipinski definition) is 1. The molecule has 152 valence electrons. The molecule has 1 aliphatic rings. The number of sulfonamides is 1. The minimum atomic E-state index is -3.47. The summed E-state index contributed by atoms with van der Waals surface area (Å²) in [6, 6.07) is 20.2. The maximum atomic E-state index is 13.0. The van der Waals surface area contributed by atoms with Crippen molar-refractivity contribution in [1.82, 2.24) is 4.72 Å². The number of rotatable bonds is 6. The third kappa shape index (κ3) is 4.96. The molecule has 1 saturated heterocycles. The smallest absolute Gasteiger partial charge is 0.212 e. The van der Waals surface area contributed by atoms with Crippen molar-refractivity contribution in [2.24, 2.45) is 0 Å². The van der Waals surface area contributed by atoms with Gasteiger partial charge in [-0.2, -0.15) is 0 Å². The summed E-state index contributed by atoms with van der Waals surface area (Å²) in [6.45, 7) is 5.23. The second-order valence-electron chi connectivity index (χ2n) is 8.07. The van der Waals surface area contributed by atoms with Gasteiger partial charge in [0, 0.05) is 6.04 Å². The summed E-state index contributed by atoms with van der Waals surface area (Å²) in [5.74, 6) is 2.19. The first kappa shape index (κ1) is 21.8. The van der Waals surface area contributed by atoms with E-state index in [0.717, 1.165) is 17.1 Å². The molecule has 1 heterocycles. The zero-order chi connectivity index (χ0) is 20.3. The normalized spacial score (nSPS) is 18.5. The van der Waals surface area contributed by atoms with Gasteiger partial charge in [-0.15, -0.1) is 23.5 Å². The van der Waals surface area contributed by atoms with Crippen LogP contribution in [-0.4, -0.2) is 24.7 Å². The summed E-state index contributed by atoms with van der Waals surface area (Å²) in [6.07, 6.45) is 1.90. The molecule has 3 nitrogen and oxygen atoms in total. The van der Waals surface area contributed by atoms with Gasteiger partial charge >= 0.3 is 0 Å². The van der Waals surface area contributed by atoms with Gasteiger partial charge in [-0.1, -0.05) is 60.7 Å². The van der Waals surface area contributed by atoms with Crippen molar-refractivity contribution in [3.05, 3.63) is 71.8 Å². The molecule has 1 N–H and O–H groups in total. The van der Waals surface area contributed by atoms with Gasteiger partial charge < -0.3 is 0 Å². The summed E-state index contributed by atoms with van der Waals surface area (Å²) >= 11 is 3.90. The van der Waals surface area contributed by atoms with Gasteiger partial charge in [0.2, 0.25) is 10.0 Å². The van der Waals surface area contributed by atoms with Crippen molar-refractivity contribution in [3.63, 3.8) is 0 Å². The Kier molecular flexibility index (Phi) is 6.85. The van der Waals surface area contributed by atoms with Gasteiger partial charge in [0.25, 0.3) is 0 Å². The quantitative estimate of drug-likeness (QED) is 0.645. The first-order chi connectivity index (χ1) is 13.2. The highest BCUT2D eigenvalue weighted by Gasteiger charge is 2.40. The zero-order valence-corrected chi connectivity index (χ0v) is 19.2. The molecule has 0 bridgehead atoms. The highest BCUT2D eigenvalue weighted by Crippen LogP contribution is 2.55. The number of thioether (sulfide) groups is 2. The summed E-state index contributed by atoms with van der Waals surface area (Å²) in [4.78, 5) is 0. The van der Waals surface area contributed by atoms with Crippen LogP contribution in [-0.2, 0) is 14.1 Å². The molecule has 28 heavy (non-hydrogen) atoms. The van der Waals surface area contributed by atoms with Crippen LogP contribution in [0.3, 0.4) is 0 Å². The van der Waals surface area contributed by atoms with Crippen molar-refractivity contribution in [1.29, 1.82) is 0 Å². The molecule has 2 aromatic carbocycles. The van der Waals surface area contributed by atoms with E-state index in [1.807, 2.05) is 59.9 Å². The lowest BCUT2D eigenvalue weighted by Gasteiger charge is -2.40. The van der Waals surface area contributed by atoms with Crippen LogP contribution in [0.5, 0.6) is 0 Å². The molecule has 1 atom stereocenters. The molecule has 0 spiro atoms. The average molecular weight is 436 g/mol. The Morgan fingerprint density at radius 3 is 2.04 bits per heavy atom. The molecular formula is C22H29NO2S3. The van der Waals surface area contributed by atoms with Gasteiger partial charge in [-0.05, 0) is 56.2 Å². The van der Waals surface area contributed by atoms with Crippen molar-refractivity contribution in [2.75, 3.05) is 11.5 Å². The minimum Gasteiger partial charge on any atom is -0.212 e. The SMILES string of the molecule is CC(C)(C)S(=O)(=O)NC(CC1(c2ccccc2)SCCCS1)c1ccccc1. The van der Waals surface area contributed by atoms with Crippen LogP contribution >= 0.6 is 23.5 Å². The van der Waals surface area contributed by atoms with Crippen LogP contribution in [0.15, 0.2) is 60.7 Å². The fourth-order valence-corrected chi connectivity index (χ4v) is 7.59. The Morgan fingerprint density at radius 1 is 0.964 bits per heavy atom. The van der Waals surface area contributed by atoms with Crippen LogP contribution in [0.1, 0.15) is 50.8 Å². The monoisotopic (exact) mass is 435 g/mol. The molecule has 3 rings (SSSR count). The standard InChI is InChI=1S/C22H29NO2S3/c1-21(2,3)28(24,25)23-20(18-11-6-4-7-12-18)17-22(26-15-10-16-27-22)19-13-8-5-9-14-19/h4-9,11-14,20,23H,10,15-17H2,1-3H3. The second-order valence-corrected chi connectivity index (χ2v) is 13.6. The predicted octanol–water partition coefficient (Wildman–Crippen LogP) is 5.56. The number of benzene rings is 2.